The van der Waals surface area contributed by atoms with E-state index in [-0.39, 0.29) is 13.2 Å². The number of ether oxygens (including phenoxy) is 1. The second-order valence-corrected chi connectivity index (χ2v) is 4.81. The highest BCUT2D eigenvalue weighted by Gasteiger charge is 2.21. The van der Waals surface area contributed by atoms with Crippen molar-refractivity contribution in [1.82, 2.24) is 4.90 Å². The third kappa shape index (κ3) is 7.48. The maximum Gasteiger partial charge on any atom is 0.410 e. The van der Waals surface area contributed by atoms with Gasteiger partial charge in [0, 0.05) is 13.1 Å². The van der Waals surface area contributed by atoms with Gasteiger partial charge >= 0.3 is 6.09 Å². The van der Waals surface area contributed by atoms with E-state index in [1.165, 1.54) is 4.90 Å². The molecular formula is C11H22NO4-. The van der Waals surface area contributed by atoms with E-state index in [0.717, 1.165) is 0 Å². The number of aliphatic hydroxyl groups is 1. The monoisotopic (exact) mass is 232 g/mol. The van der Waals surface area contributed by atoms with Crippen molar-refractivity contribution < 1.29 is 19.7 Å². The number of carbonyl (C=O) groups is 1. The molecule has 5 heteroatoms. The van der Waals surface area contributed by atoms with E-state index in [4.69, 9.17) is 9.84 Å². The summed E-state index contributed by atoms with van der Waals surface area (Å²) >= 11 is 0. The zero-order valence-corrected chi connectivity index (χ0v) is 10.5. The fraction of sp³-hybridized carbons (Fsp3) is 0.909. The van der Waals surface area contributed by atoms with Gasteiger partial charge in [-0.25, -0.2) is 4.79 Å². The number of carbonyl (C=O) groups excluding carboxylic acids is 1. The summed E-state index contributed by atoms with van der Waals surface area (Å²) in [6.45, 7) is 7.05. The Morgan fingerprint density at radius 2 is 2.00 bits per heavy atom. The molecule has 0 aliphatic carbocycles. The molecule has 96 valence electrons. The van der Waals surface area contributed by atoms with Gasteiger partial charge in [0.25, 0.3) is 0 Å². The van der Waals surface area contributed by atoms with Gasteiger partial charge in [-0.15, -0.1) is 6.61 Å². The smallest absolute Gasteiger partial charge is 0.410 e. The van der Waals surface area contributed by atoms with Crippen LogP contribution in [0.3, 0.4) is 0 Å². The van der Waals surface area contributed by atoms with E-state index in [0.29, 0.717) is 13.0 Å². The van der Waals surface area contributed by atoms with Crippen LogP contribution in [-0.2, 0) is 4.74 Å². The van der Waals surface area contributed by atoms with E-state index in [2.05, 4.69) is 0 Å². The minimum Gasteiger partial charge on any atom is -0.853 e. The molecule has 0 saturated carbocycles. The van der Waals surface area contributed by atoms with E-state index >= 15 is 0 Å². The Bertz CT molecular complexity index is 211. The summed E-state index contributed by atoms with van der Waals surface area (Å²) in [4.78, 5) is 13.0. The lowest BCUT2D eigenvalue weighted by Crippen LogP contribution is -2.41. The summed E-state index contributed by atoms with van der Waals surface area (Å²) in [6.07, 6.45) is -0.542. The van der Waals surface area contributed by atoms with E-state index in [9.17, 15) is 9.90 Å². The molecule has 5 nitrogen and oxygen atoms in total. The van der Waals surface area contributed by atoms with Gasteiger partial charge in [-0.05, 0) is 34.1 Å². The number of aliphatic hydroxyl groups excluding tert-OH is 1. The Kier molecular flexibility index (Phi) is 6.36. The fourth-order valence-electron chi connectivity index (χ4n) is 1.07. The van der Waals surface area contributed by atoms with Gasteiger partial charge in [0.2, 0.25) is 0 Å². The van der Waals surface area contributed by atoms with Crippen LogP contribution in [0.25, 0.3) is 0 Å². The van der Waals surface area contributed by atoms with Gasteiger partial charge in [-0.2, -0.15) is 0 Å². The van der Waals surface area contributed by atoms with Crippen molar-refractivity contribution in [3.05, 3.63) is 0 Å². The second-order valence-electron chi connectivity index (χ2n) is 4.81. The predicted octanol–water partition coefficient (Wildman–Crippen LogP) is 0.355. The molecule has 0 radical (unpaired) electrons. The molecule has 0 rings (SSSR count). The lowest BCUT2D eigenvalue weighted by atomic mass is 10.2. The van der Waals surface area contributed by atoms with Gasteiger partial charge in [0.1, 0.15) is 5.60 Å². The molecule has 0 aliphatic heterocycles. The SMILES string of the molecule is C[C@@H](O)CCN(CC[O-])C(=O)OC(C)(C)C. The van der Waals surface area contributed by atoms with Crippen LogP contribution in [0, 0.1) is 0 Å². The standard InChI is InChI=1S/C11H22NO4/c1-9(14)5-6-12(7-8-13)10(15)16-11(2,3)4/h9,14H,5-8H2,1-4H3/q-1/t9-/m1/s1. The van der Waals surface area contributed by atoms with E-state index in [1.54, 1.807) is 27.7 Å². The lowest BCUT2D eigenvalue weighted by molar-refractivity contribution is -0.368. The van der Waals surface area contributed by atoms with Crippen molar-refractivity contribution in [2.24, 2.45) is 0 Å². The summed E-state index contributed by atoms with van der Waals surface area (Å²) in [5.74, 6) is 0. The molecule has 0 aliphatic rings. The van der Waals surface area contributed by atoms with Crippen LogP contribution in [0.1, 0.15) is 34.1 Å². The number of nitrogens with zero attached hydrogens (tertiary/aromatic N) is 1. The van der Waals surface area contributed by atoms with Gasteiger partial charge in [-0.1, -0.05) is 0 Å². The molecule has 0 heterocycles. The molecule has 0 unspecified atom stereocenters. The van der Waals surface area contributed by atoms with E-state index in [1.807, 2.05) is 0 Å². The molecule has 1 amide bonds. The van der Waals surface area contributed by atoms with Gasteiger partial charge in [-0.3, -0.25) is 0 Å². The van der Waals surface area contributed by atoms with Crippen LogP contribution >= 0.6 is 0 Å². The first-order valence-electron chi connectivity index (χ1n) is 5.50. The molecule has 0 aromatic carbocycles. The number of hydrogen-bond acceptors (Lipinski definition) is 4. The minimum atomic E-state index is -0.566. The molecule has 16 heavy (non-hydrogen) atoms. The molecule has 0 aromatic rings. The molecular weight excluding hydrogens is 210 g/mol. The number of rotatable bonds is 5. The molecule has 0 bridgehead atoms. The topological polar surface area (TPSA) is 72.8 Å². The zero-order valence-electron chi connectivity index (χ0n) is 10.5. The second kappa shape index (κ2) is 6.70. The average Bonchev–Trinajstić information content (AvgIpc) is 2.08. The fourth-order valence-corrected chi connectivity index (χ4v) is 1.07. The highest BCUT2D eigenvalue weighted by Crippen LogP contribution is 2.10. The van der Waals surface area contributed by atoms with Crippen molar-refractivity contribution in [2.45, 2.75) is 45.8 Å². The van der Waals surface area contributed by atoms with Crippen molar-refractivity contribution in [1.29, 1.82) is 0 Å². The number of hydrogen-bond donors (Lipinski definition) is 1. The normalized spacial score (nSPS) is 13.4. The van der Waals surface area contributed by atoms with Crippen molar-refractivity contribution in [3.63, 3.8) is 0 Å². The summed E-state index contributed by atoms with van der Waals surface area (Å²) in [6, 6.07) is 0. The molecule has 0 saturated heterocycles. The van der Waals surface area contributed by atoms with Crippen LogP contribution in [0.5, 0.6) is 0 Å². The summed E-state index contributed by atoms with van der Waals surface area (Å²) < 4.78 is 5.15. The Hall–Kier alpha value is -0.810. The van der Waals surface area contributed by atoms with Crippen molar-refractivity contribution in [2.75, 3.05) is 19.7 Å². The van der Waals surface area contributed by atoms with Gasteiger partial charge < -0.3 is 19.8 Å². The highest BCUT2D eigenvalue weighted by atomic mass is 16.6. The largest absolute Gasteiger partial charge is 0.853 e. The van der Waals surface area contributed by atoms with E-state index < -0.39 is 17.8 Å². The summed E-state index contributed by atoms with van der Waals surface area (Å²) in [5, 5.41) is 19.7. The first-order valence-corrected chi connectivity index (χ1v) is 5.50. The van der Waals surface area contributed by atoms with Crippen LogP contribution in [0.4, 0.5) is 4.79 Å². The third-order valence-corrected chi connectivity index (χ3v) is 1.83. The van der Waals surface area contributed by atoms with Crippen LogP contribution in [0.2, 0.25) is 0 Å². The molecule has 0 fully saturated rings. The third-order valence-electron chi connectivity index (χ3n) is 1.83. The average molecular weight is 232 g/mol. The van der Waals surface area contributed by atoms with Crippen LogP contribution in [0.15, 0.2) is 0 Å². The zero-order chi connectivity index (χ0) is 12.8. The quantitative estimate of drug-likeness (QED) is 0.742. The molecule has 0 aromatic heterocycles. The van der Waals surface area contributed by atoms with Gasteiger partial charge in [0.05, 0.1) is 6.10 Å². The maximum absolute atomic E-state index is 11.6. The highest BCUT2D eigenvalue weighted by molar-refractivity contribution is 5.68. The minimum absolute atomic E-state index is 0.113. The van der Waals surface area contributed by atoms with Crippen LogP contribution in [-0.4, -0.2) is 47.5 Å². The molecule has 1 N–H and O–H groups in total. The Balaban J connectivity index is 4.23. The Labute approximate surface area is 97.0 Å². The first-order chi connectivity index (χ1) is 7.26. The summed E-state index contributed by atoms with van der Waals surface area (Å²) in [7, 11) is 0. The van der Waals surface area contributed by atoms with Crippen LogP contribution < -0.4 is 5.11 Å². The Morgan fingerprint density at radius 1 is 1.44 bits per heavy atom. The number of amides is 1. The van der Waals surface area contributed by atoms with Crippen molar-refractivity contribution >= 4 is 6.09 Å². The van der Waals surface area contributed by atoms with Crippen molar-refractivity contribution in [3.8, 4) is 0 Å². The molecule has 1 atom stereocenters. The van der Waals surface area contributed by atoms with Gasteiger partial charge in [0.15, 0.2) is 0 Å². The first kappa shape index (κ1) is 15.2. The summed E-state index contributed by atoms with van der Waals surface area (Å²) in [5.41, 5.74) is -0.566. The molecule has 0 spiro atoms. The lowest BCUT2D eigenvalue weighted by Gasteiger charge is -2.28. The predicted molar refractivity (Wildman–Crippen MR) is 59.0 cm³/mol. The maximum atomic E-state index is 11.6. The Morgan fingerprint density at radius 3 is 2.38 bits per heavy atom.